The molecule has 0 amide bonds. The van der Waals surface area contributed by atoms with Crippen LogP contribution in [-0.4, -0.2) is 36.1 Å². The number of thiazole rings is 1. The van der Waals surface area contributed by atoms with E-state index in [1.807, 2.05) is 18.2 Å². The SMILES string of the molecule is CN1CCC(OC(c2ccccc2)c2nc3cc(F)ccc3s2)CC1. The van der Waals surface area contributed by atoms with Crippen molar-refractivity contribution in [1.82, 2.24) is 9.88 Å². The molecule has 3 aromatic rings. The highest BCUT2D eigenvalue weighted by Gasteiger charge is 2.25. The molecule has 1 aliphatic rings. The quantitative estimate of drug-likeness (QED) is 0.681. The Morgan fingerprint density at radius 1 is 1.16 bits per heavy atom. The standard InChI is InChI=1S/C20H21FN2OS/c1-23-11-9-16(10-12-23)24-19(14-5-3-2-4-6-14)20-22-17-13-15(21)7-8-18(17)25-20/h2-8,13,16,19H,9-12H2,1H3. The highest BCUT2D eigenvalue weighted by atomic mass is 32.1. The molecule has 1 fully saturated rings. The molecule has 0 saturated carbocycles. The predicted molar refractivity (Wildman–Crippen MR) is 99.5 cm³/mol. The van der Waals surface area contributed by atoms with Gasteiger partial charge in [-0.3, -0.25) is 0 Å². The van der Waals surface area contributed by atoms with Crippen LogP contribution in [0, 0.1) is 5.82 Å². The average Bonchev–Trinajstić information content (AvgIpc) is 3.04. The first-order valence-corrected chi connectivity index (χ1v) is 9.45. The number of likely N-dealkylation sites (tertiary alicyclic amines) is 1. The molecule has 25 heavy (non-hydrogen) atoms. The second-order valence-electron chi connectivity index (χ2n) is 6.59. The third kappa shape index (κ3) is 3.73. The lowest BCUT2D eigenvalue weighted by atomic mass is 10.1. The third-order valence-electron chi connectivity index (χ3n) is 4.69. The Labute approximate surface area is 151 Å². The highest BCUT2D eigenvalue weighted by molar-refractivity contribution is 7.18. The number of nitrogens with zero attached hydrogens (tertiary/aromatic N) is 2. The zero-order valence-electron chi connectivity index (χ0n) is 14.2. The van der Waals surface area contributed by atoms with Gasteiger partial charge in [0.25, 0.3) is 0 Å². The van der Waals surface area contributed by atoms with E-state index < -0.39 is 0 Å². The minimum atomic E-state index is -0.253. The van der Waals surface area contributed by atoms with Crippen LogP contribution in [0.25, 0.3) is 10.2 Å². The number of aromatic nitrogens is 1. The molecule has 5 heteroatoms. The molecule has 1 saturated heterocycles. The van der Waals surface area contributed by atoms with Crippen LogP contribution in [-0.2, 0) is 4.74 Å². The molecule has 2 heterocycles. The van der Waals surface area contributed by atoms with Gasteiger partial charge in [-0.05, 0) is 37.6 Å². The van der Waals surface area contributed by atoms with E-state index in [1.165, 1.54) is 12.1 Å². The van der Waals surface area contributed by atoms with E-state index in [2.05, 4.69) is 29.1 Å². The van der Waals surface area contributed by atoms with Crippen molar-refractivity contribution in [2.75, 3.05) is 20.1 Å². The fourth-order valence-electron chi connectivity index (χ4n) is 3.25. The minimum absolute atomic E-state index is 0.199. The molecule has 2 aromatic carbocycles. The Hall–Kier alpha value is -1.82. The lowest BCUT2D eigenvalue weighted by Crippen LogP contribution is -2.35. The Bertz CT molecular complexity index is 843. The number of ether oxygens (including phenoxy) is 1. The average molecular weight is 356 g/mol. The van der Waals surface area contributed by atoms with Gasteiger partial charge in [0.1, 0.15) is 16.9 Å². The van der Waals surface area contributed by atoms with E-state index in [4.69, 9.17) is 4.74 Å². The molecule has 0 spiro atoms. The van der Waals surface area contributed by atoms with Crippen molar-refractivity contribution in [3.8, 4) is 0 Å². The van der Waals surface area contributed by atoms with Gasteiger partial charge in [-0.1, -0.05) is 30.3 Å². The molecule has 1 aromatic heterocycles. The largest absolute Gasteiger partial charge is 0.363 e. The van der Waals surface area contributed by atoms with Crippen molar-refractivity contribution in [2.24, 2.45) is 0 Å². The van der Waals surface area contributed by atoms with E-state index in [0.717, 1.165) is 41.2 Å². The van der Waals surface area contributed by atoms with Crippen LogP contribution < -0.4 is 0 Å². The number of hydrogen-bond donors (Lipinski definition) is 0. The van der Waals surface area contributed by atoms with Crippen molar-refractivity contribution in [1.29, 1.82) is 0 Å². The van der Waals surface area contributed by atoms with Gasteiger partial charge >= 0.3 is 0 Å². The number of hydrogen-bond acceptors (Lipinski definition) is 4. The molecule has 0 aliphatic carbocycles. The molecule has 3 nitrogen and oxygen atoms in total. The Kier molecular flexibility index (Phi) is 4.79. The molecular weight excluding hydrogens is 335 g/mol. The normalized spacial score (nSPS) is 17.8. The molecule has 0 bridgehead atoms. The van der Waals surface area contributed by atoms with Gasteiger partial charge in [0.2, 0.25) is 0 Å². The number of rotatable bonds is 4. The molecule has 0 radical (unpaired) electrons. The highest BCUT2D eigenvalue weighted by Crippen LogP contribution is 2.35. The van der Waals surface area contributed by atoms with Crippen LogP contribution in [0.3, 0.4) is 0 Å². The monoisotopic (exact) mass is 356 g/mol. The summed E-state index contributed by atoms with van der Waals surface area (Å²) in [4.78, 5) is 7.01. The third-order valence-corrected chi connectivity index (χ3v) is 5.77. The smallest absolute Gasteiger partial charge is 0.134 e. The van der Waals surface area contributed by atoms with Crippen LogP contribution >= 0.6 is 11.3 Å². The van der Waals surface area contributed by atoms with E-state index >= 15 is 0 Å². The Morgan fingerprint density at radius 3 is 2.68 bits per heavy atom. The van der Waals surface area contributed by atoms with Gasteiger partial charge < -0.3 is 9.64 Å². The van der Waals surface area contributed by atoms with Crippen LogP contribution in [0.15, 0.2) is 48.5 Å². The predicted octanol–water partition coefficient (Wildman–Crippen LogP) is 4.64. The first kappa shape index (κ1) is 16.6. The van der Waals surface area contributed by atoms with E-state index in [0.29, 0.717) is 5.52 Å². The van der Waals surface area contributed by atoms with Gasteiger partial charge in [0, 0.05) is 19.2 Å². The topological polar surface area (TPSA) is 25.4 Å². The van der Waals surface area contributed by atoms with E-state index in [9.17, 15) is 4.39 Å². The van der Waals surface area contributed by atoms with Gasteiger partial charge in [-0.15, -0.1) is 11.3 Å². The zero-order chi connectivity index (χ0) is 17.2. The molecule has 4 rings (SSSR count). The lowest BCUT2D eigenvalue weighted by molar-refractivity contribution is -0.0234. The summed E-state index contributed by atoms with van der Waals surface area (Å²) in [5.41, 5.74) is 1.80. The summed E-state index contributed by atoms with van der Waals surface area (Å²) in [6.45, 7) is 2.11. The summed E-state index contributed by atoms with van der Waals surface area (Å²) in [5, 5.41) is 0.894. The second kappa shape index (κ2) is 7.20. The maximum Gasteiger partial charge on any atom is 0.134 e. The molecule has 130 valence electrons. The van der Waals surface area contributed by atoms with Crippen molar-refractivity contribution < 1.29 is 9.13 Å². The fourth-order valence-corrected chi connectivity index (χ4v) is 4.26. The molecule has 0 N–H and O–H groups in total. The van der Waals surface area contributed by atoms with Crippen molar-refractivity contribution in [2.45, 2.75) is 25.0 Å². The molecular formula is C20H21FN2OS. The molecule has 1 unspecified atom stereocenters. The van der Waals surface area contributed by atoms with Gasteiger partial charge in [0.15, 0.2) is 0 Å². The summed E-state index contributed by atoms with van der Waals surface area (Å²) in [5.74, 6) is -0.253. The van der Waals surface area contributed by atoms with Crippen LogP contribution in [0.2, 0.25) is 0 Å². The van der Waals surface area contributed by atoms with Crippen molar-refractivity contribution in [3.05, 3.63) is 64.9 Å². The van der Waals surface area contributed by atoms with Crippen molar-refractivity contribution >= 4 is 21.6 Å². The Morgan fingerprint density at radius 2 is 1.92 bits per heavy atom. The van der Waals surface area contributed by atoms with Crippen LogP contribution in [0.1, 0.15) is 29.5 Å². The van der Waals surface area contributed by atoms with Crippen LogP contribution in [0.4, 0.5) is 4.39 Å². The summed E-state index contributed by atoms with van der Waals surface area (Å²) < 4.78 is 21.0. The van der Waals surface area contributed by atoms with Gasteiger partial charge in [-0.2, -0.15) is 0 Å². The second-order valence-corrected chi connectivity index (χ2v) is 7.66. The summed E-state index contributed by atoms with van der Waals surface area (Å²) in [7, 11) is 2.15. The van der Waals surface area contributed by atoms with Crippen molar-refractivity contribution in [3.63, 3.8) is 0 Å². The van der Waals surface area contributed by atoms with E-state index in [1.54, 1.807) is 17.4 Å². The molecule has 1 aliphatic heterocycles. The summed E-state index contributed by atoms with van der Waals surface area (Å²) in [6, 6.07) is 15.0. The first-order valence-electron chi connectivity index (χ1n) is 8.64. The van der Waals surface area contributed by atoms with Gasteiger partial charge in [-0.25, -0.2) is 9.37 Å². The fraction of sp³-hybridized carbons (Fsp3) is 0.350. The first-order chi connectivity index (χ1) is 12.2. The summed E-state index contributed by atoms with van der Waals surface area (Å²) >= 11 is 1.58. The minimum Gasteiger partial charge on any atom is -0.363 e. The number of benzene rings is 2. The lowest BCUT2D eigenvalue weighted by Gasteiger charge is -2.31. The van der Waals surface area contributed by atoms with Gasteiger partial charge in [0.05, 0.1) is 16.3 Å². The Balaban J connectivity index is 1.66. The van der Waals surface area contributed by atoms with E-state index in [-0.39, 0.29) is 18.0 Å². The number of halogens is 1. The molecule has 1 atom stereocenters. The zero-order valence-corrected chi connectivity index (χ0v) is 15.0. The number of piperidine rings is 1. The number of fused-ring (bicyclic) bond motifs is 1. The summed E-state index contributed by atoms with van der Waals surface area (Å²) in [6.07, 6.45) is 2.08. The maximum atomic E-state index is 13.5. The maximum absolute atomic E-state index is 13.5. The van der Waals surface area contributed by atoms with Crippen LogP contribution in [0.5, 0.6) is 0 Å².